The molecule has 0 spiro atoms. The first-order valence-corrected chi connectivity index (χ1v) is 15.3. The molecule has 0 bridgehead atoms. The molecule has 0 aliphatic carbocycles. The Morgan fingerprint density at radius 1 is 0.975 bits per heavy atom. The van der Waals surface area contributed by atoms with Crippen LogP contribution in [0.25, 0.3) is 0 Å². The molecule has 40 heavy (non-hydrogen) atoms. The second kappa shape index (κ2) is 14.0. The van der Waals surface area contributed by atoms with Crippen molar-refractivity contribution in [1.82, 2.24) is 10.2 Å². The number of hydrogen-bond donors (Lipinski definition) is 1. The van der Waals surface area contributed by atoms with Gasteiger partial charge in [0.05, 0.1) is 10.6 Å². The number of anilines is 1. The Labute approximate surface area is 247 Å². The molecule has 0 fully saturated rings. The molecule has 0 saturated heterocycles. The van der Waals surface area contributed by atoms with Crippen molar-refractivity contribution in [1.29, 1.82) is 0 Å². The predicted octanol–water partition coefficient (Wildman–Crippen LogP) is 6.14. The van der Waals surface area contributed by atoms with Crippen molar-refractivity contribution in [3.63, 3.8) is 0 Å². The molecule has 0 aromatic heterocycles. The highest BCUT2D eigenvalue weighted by Gasteiger charge is 2.32. The molecular formula is C30H35Cl2N3O4S. The molecule has 1 atom stereocenters. The highest BCUT2D eigenvalue weighted by atomic mass is 35.5. The summed E-state index contributed by atoms with van der Waals surface area (Å²) in [5, 5.41) is 3.73. The number of rotatable bonds is 12. The van der Waals surface area contributed by atoms with Gasteiger partial charge < -0.3 is 10.2 Å². The third kappa shape index (κ3) is 7.99. The predicted molar refractivity (Wildman–Crippen MR) is 161 cm³/mol. The monoisotopic (exact) mass is 603 g/mol. The molecule has 0 saturated carbocycles. The summed E-state index contributed by atoms with van der Waals surface area (Å²) in [5.41, 5.74) is 2.62. The summed E-state index contributed by atoms with van der Waals surface area (Å²) in [6.45, 7) is 7.32. The average molecular weight is 605 g/mol. The SMILES string of the molecule is CCCCNC(=O)C(C)N(Cc1cccc(Cl)c1)C(=O)CN(c1ccc(C)c(Cl)c1)S(=O)(=O)c1ccc(C)cc1. The van der Waals surface area contributed by atoms with Crippen LogP contribution in [0.3, 0.4) is 0 Å². The van der Waals surface area contributed by atoms with Crippen LogP contribution in [0, 0.1) is 13.8 Å². The topological polar surface area (TPSA) is 86.8 Å². The van der Waals surface area contributed by atoms with Crippen molar-refractivity contribution in [2.24, 2.45) is 0 Å². The van der Waals surface area contributed by atoms with Crippen LogP contribution < -0.4 is 9.62 Å². The van der Waals surface area contributed by atoms with Crippen LogP contribution in [0.4, 0.5) is 5.69 Å². The molecule has 7 nitrogen and oxygen atoms in total. The van der Waals surface area contributed by atoms with E-state index in [1.807, 2.05) is 20.8 Å². The number of nitrogens with one attached hydrogen (secondary N) is 1. The minimum Gasteiger partial charge on any atom is -0.354 e. The summed E-state index contributed by atoms with van der Waals surface area (Å²) < 4.78 is 28.8. The van der Waals surface area contributed by atoms with E-state index in [0.29, 0.717) is 22.2 Å². The Morgan fingerprint density at radius 3 is 2.30 bits per heavy atom. The summed E-state index contributed by atoms with van der Waals surface area (Å²) in [6.07, 6.45) is 1.71. The van der Waals surface area contributed by atoms with Crippen LogP contribution in [0.1, 0.15) is 43.4 Å². The van der Waals surface area contributed by atoms with E-state index in [1.165, 1.54) is 23.1 Å². The van der Waals surface area contributed by atoms with Crippen LogP contribution >= 0.6 is 23.2 Å². The average Bonchev–Trinajstić information content (AvgIpc) is 2.91. The second-order valence-corrected chi connectivity index (χ2v) is 12.4. The van der Waals surface area contributed by atoms with Gasteiger partial charge in [-0.25, -0.2) is 8.42 Å². The van der Waals surface area contributed by atoms with Gasteiger partial charge in [-0.2, -0.15) is 0 Å². The lowest BCUT2D eigenvalue weighted by Gasteiger charge is -2.32. The Morgan fingerprint density at radius 2 is 1.68 bits per heavy atom. The van der Waals surface area contributed by atoms with Crippen LogP contribution in [0.2, 0.25) is 10.0 Å². The van der Waals surface area contributed by atoms with Gasteiger partial charge in [0, 0.05) is 23.1 Å². The van der Waals surface area contributed by atoms with E-state index < -0.39 is 28.5 Å². The number of carbonyl (C=O) groups excluding carboxylic acids is 2. The van der Waals surface area contributed by atoms with E-state index >= 15 is 0 Å². The first-order chi connectivity index (χ1) is 18.9. The maximum atomic E-state index is 13.9. The number of carbonyl (C=O) groups is 2. The van der Waals surface area contributed by atoms with Gasteiger partial charge in [0.15, 0.2) is 0 Å². The van der Waals surface area contributed by atoms with E-state index in [1.54, 1.807) is 55.5 Å². The lowest BCUT2D eigenvalue weighted by Crippen LogP contribution is -2.51. The van der Waals surface area contributed by atoms with Crippen molar-refractivity contribution < 1.29 is 18.0 Å². The first kappa shape index (κ1) is 31.5. The molecule has 0 radical (unpaired) electrons. The smallest absolute Gasteiger partial charge is 0.264 e. The van der Waals surface area contributed by atoms with Gasteiger partial charge in [-0.3, -0.25) is 13.9 Å². The van der Waals surface area contributed by atoms with Crippen molar-refractivity contribution in [3.05, 3.63) is 93.5 Å². The fraction of sp³-hybridized carbons (Fsp3) is 0.333. The van der Waals surface area contributed by atoms with Crippen LogP contribution in [0.15, 0.2) is 71.6 Å². The number of hydrogen-bond acceptors (Lipinski definition) is 4. The maximum absolute atomic E-state index is 13.9. The standard InChI is InChI=1S/C30H35Cl2N3O4S/c1-5-6-16-33-30(37)23(4)34(19-24-8-7-9-25(31)17-24)29(36)20-35(26-13-12-22(3)28(32)18-26)40(38,39)27-14-10-21(2)11-15-27/h7-15,17-18,23H,5-6,16,19-20H2,1-4H3,(H,33,37). The summed E-state index contributed by atoms with van der Waals surface area (Å²) in [5.74, 6) is -0.874. The summed E-state index contributed by atoms with van der Waals surface area (Å²) in [7, 11) is -4.17. The van der Waals surface area contributed by atoms with Gasteiger partial charge in [-0.05, 0) is 74.7 Å². The molecule has 3 aromatic rings. The van der Waals surface area contributed by atoms with Gasteiger partial charge in [-0.1, -0.05) is 72.4 Å². The third-order valence-corrected chi connectivity index (χ3v) is 9.00. The summed E-state index contributed by atoms with van der Waals surface area (Å²) in [4.78, 5) is 28.4. The van der Waals surface area contributed by atoms with Crippen LogP contribution in [-0.2, 0) is 26.2 Å². The zero-order valence-electron chi connectivity index (χ0n) is 23.2. The Hall–Kier alpha value is -3.07. The lowest BCUT2D eigenvalue weighted by atomic mass is 10.1. The summed E-state index contributed by atoms with van der Waals surface area (Å²) >= 11 is 12.5. The van der Waals surface area contributed by atoms with Crippen molar-refractivity contribution in [2.75, 3.05) is 17.4 Å². The molecule has 0 aliphatic rings. The molecular weight excluding hydrogens is 569 g/mol. The van der Waals surface area contributed by atoms with Crippen LogP contribution in [-0.4, -0.2) is 44.3 Å². The molecule has 0 aliphatic heterocycles. The van der Waals surface area contributed by atoms with E-state index in [4.69, 9.17) is 23.2 Å². The zero-order chi connectivity index (χ0) is 29.4. The van der Waals surface area contributed by atoms with Crippen molar-refractivity contribution in [3.8, 4) is 0 Å². The maximum Gasteiger partial charge on any atom is 0.264 e. The number of aryl methyl sites for hydroxylation is 2. The van der Waals surface area contributed by atoms with E-state index in [0.717, 1.165) is 28.3 Å². The highest BCUT2D eigenvalue weighted by Crippen LogP contribution is 2.29. The molecule has 214 valence electrons. The van der Waals surface area contributed by atoms with E-state index in [2.05, 4.69) is 5.32 Å². The number of halogens is 2. The number of unbranched alkanes of at least 4 members (excludes halogenated alkanes) is 1. The molecule has 10 heteroatoms. The fourth-order valence-corrected chi connectivity index (χ4v) is 5.85. The quantitative estimate of drug-likeness (QED) is 0.252. The third-order valence-electron chi connectivity index (χ3n) is 6.57. The van der Waals surface area contributed by atoms with Crippen LogP contribution in [0.5, 0.6) is 0 Å². The number of benzene rings is 3. The molecule has 2 amide bonds. The minimum atomic E-state index is -4.17. The van der Waals surface area contributed by atoms with Crippen molar-refractivity contribution >= 4 is 50.7 Å². The number of amides is 2. The molecule has 1 unspecified atom stereocenters. The van der Waals surface area contributed by atoms with Crippen molar-refractivity contribution in [2.45, 2.75) is 58.0 Å². The van der Waals surface area contributed by atoms with Gasteiger partial charge in [0.2, 0.25) is 11.8 Å². The van der Waals surface area contributed by atoms with Gasteiger partial charge >= 0.3 is 0 Å². The van der Waals surface area contributed by atoms with Gasteiger partial charge in [-0.15, -0.1) is 0 Å². The highest BCUT2D eigenvalue weighted by molar-refractivity contribution is 7.92. The molecule has 1 N–H and O–H groups in total. The lowest BCUT2D eigenvalue weighted by molar-refractivity contribution is -0.139. The van der Waals surface area contributed by atoms with Gasteiger partial charge in [0.25, 0.3) is 10.0 Å². The molecule has 3 rings (SSSR count). The number of sulfonamides is 1. The largest absolute Gasteiger partial charge is 0.354 e. The fourth-order valence-electron chi connectivity index (χ4n) is 4.05. The minimum absolute atomic E-state index is 0.0364. The van der Waals surface area contributed by atoms with E-state index in [-0.39, 0.29) is 23.0 Å². The normalized spacial score (nSPS) is 12.1. The molecule has 3 aromatic carbocycles. The van der Waals surface area contributed by atoms with E-state index in [9.17, 15) is 18.0 Å². The Bertz CT molecular complexity index is 1450. The zero-order valence-corrected chi connectivity index (χ0v) is 25.5. The van der Waals surface area contributed by atoms with Gasteiger partial charge in [0.1, 0.15) is 12.6 Å². The number of nitrogens with zero attached hydrogens (tertiary/aromatic N) is 2. The molecule has 0 heterocycles. The Balaban J connectivity index is 2.03. The summed E-state index contributed by atoms with van der Waals surface area (Å²) in [6, 6.07) is 17.4. The first-order valence-electron chi connectivity index (χ1n) is 13.1. The second-order valence-electron chi connectivity index (χ2n) is 9.73. The Kier molecular flexibility index (Phi) is 11.0.